The number of ether oxygens (including phenoxy) is 3. The van der Waals surface area contributed by atoms with E-state index in [-0.39, 0.29) is 47.2 Å². The monoisotopic (exact) mass is 648 g/mol. The number of hydrogen-bond acceptors (Lipinski definition) is 11. The number of amides is 4. The molecule has 0 spiro atoms. The Morgan fingerprint density at radius 2 is 1.23 bits per heavy atom. The molecule has 2 saturated heterocycles. The van der Waals surface area contributed by atoms with E-state index in [1.165, 1.54) is 31.3 Å². The van der Waals surface area contributed by atoms with Crippen molar-refractivity contribution >= 4 is 35.6 Å². The number of carbonyl (C=O) groups excluding carboxylic acids is 6. The summed E-state index contributed by atoms with van der Waals surface area (Å²) in [5, 5.41) is 0. The second kappa shape index (κ2) is 9.63. The lowest BCUT2D eigenvalue weighted by molar-refractivity contribution is -0.193. The van der Waals surface area contributed by atoms with Crippen molar-refractivity contribution in [3.05, 3.63) is 94.6 Å². The Morgan fingerprint density at radius 1 is 0.771 bits per heavy atom. The number of carbonyl (C=O) groups is 6. The van der Waals surface area contributed by atoms with Crippen molar-refractivity contribution in [2.24, 2.45) is 35.5 Å². The molecule has 4 amide bonds. The van der Waals surface area contributed by atoms with Crippen molar-refractivity contribution in [3.8, 4) is 0 Å². The summed E-state index contributed by atoms with van der Waals surface area (Å²) in [5.74, 6) is -7.34. The Bertz CT molecular complexity index is 1900. The number of methoxy groups -OCH3 is 2. The van der Waals surface area contributed by atoms with Gasteiger partial charge in [-0.1, -0.05) is 12.1 Å². The van der Waals surface area contributed by atoms with Crippen LogP contribution in [-0.4, -0.2) is 69.6 Å². The maximum absolute atomic E-state index is 14.1. The van der Waals surface area contributed by atoms with Crippen LogP contribution in [0.15, 0.2) is 61.2 Å². The van der Waals surface area contributed by atoms with Crippen molar-refractivity contribution in [1.29, 1.82) is 0 Å². The molecule has 242 valence electrons. The molecule has 8 atom stereocenters. The largest absolute Gasteiger partial charge is 0.467 e. The predicted molar refractivity (Wildman–Crippen MR) is 159 cm³/mol. The van der Waals surface area contributed by atoms with Gasteiger partial charge in [0.05, 0.1) is 50.3 Å². The zero-order valence-electron chi connectivity index (χ0n) is 25.8. The minimum absolute atomic E-state index is 0.0236. The van der Waals surface area contributed by atoms with Crippen LogP contribution >= 0.6 is 0 Å². The van der Waals surface area contributed by atoms with Gasteiger partial charge in [0, 0.05) is 47.8 Å². The van der Waals surface area contributed by atoms with Gasteiger partial charge in [-0.3, -0.25) is 38.9 Å². The van der Waals surface area contributed by atoms with Gasteiger partial charge in [-0.05, 0) is 53.6 Å². The third-order valence-electron chi connectivity index (χ3n) is 11.5. The molecule has 0 unspecified atom stereocenters. The van der Waals surface area contributed by atoms with Gasteiger partial charge in [0.1, 0.15) is 0 Å². The fraction of sp³-hybridized carbons (Fsp3) is 0.371. The van der Waals surface area contributed by atoms with E-state index < -0.39 is 70.5 Å². The third kappa shape index (κ3) is 3.24. The van der Waals surface area contributed by atoms with E-state index in [9.17, 15) is 28.8 Å². The van der Waals surface area contributed by atoms with Crippen LogP contribution in [0.4, 0.5) is 0 Å². The Balaban J connectivity index is 1.18. The maximum Gasteiger partial charge on any atom is 0.343 e. The van der Waals surface area contributed by atoms with Gasteiger partial charge >= 0.3 is 11.9 Å². The first-order valence-corrected chi connectivity index (χ1v) is 15.7. The number of nitrogens with zero attached hydrogens (tertiary/aromatic N) is 4. The van der Waals surface area contributed by atoms with Crippen LogP contribution < -0.4 is 0 Å². The third-order valence-corrected chi connectivity index (χ3v) is 11.5. The summed E-state index contributed by atoms with van der Waals surface area (Å²) < 4.78 is 17.4. The summed E-state index contributed by atoms with van der Waals surface area (Å²) in [6, 6.07) is 9.89. The van der Waals surface area contributed by atoms with Crippen LogP contribution in [0.5, 0.6) is 0 Å². The fourth-order valence-electron chi connectivity index (χ4n) is 10.0. The average molecular weight is 649 g/mol. The van der Waals surface area contributed by atoms with E-state index in [0.717, 1.165) is 4.90 Å². The molecule has 2 saturated carbocycles. The summed E-state index contributed by atoms with van der Waals surface area (Å²) in [7, 11) is 2.41. The molecule has 9 rings (SSSR count). The molecule has 6 aliphatic rings. The molecule has 0 radical (unpaired) electrons. The molecule has 0 N–H and O–H groups in total. The molecule has 13 nitrogen and oxygen atoms in total. The lowest BCUT2D eigenvalue weighted by Crippen LogP contribution is -2.52. The highest BCUT2D eigenvalue weighted by atomic mass is 16.6. The molecule has 1 aromatic carbocycles. The van der Waals surface area contributed by atoms with Crippen molar-refractivity contribution < 1.29 is 43.0 Å². The summed E-state index contributed by atoms with van der Waals surface area (Å²) in [6.45, 7) is 0.0327. The Morgan fingerprint density at radius 3 is 1.65 bits per heavy atom. The van der Waals surface area contributed by atoms with E-state index in [1.54, 1.807) is 49.1 Å². The minimum atomic E-state index is -1.89. The van der Waals surface area contributed by atoms with Crippen LogP contribution in [0.1, 0.15) is 49.4 Å². The van der Waals surface area contributed by atoms with Gasteiger partial charge in [0.15, 0.2) is 11.2 Å². The summed E-state index contributed by atoms with van der Waals surface area (Å²) >= 11 is 0. The predicted octanol–water partition coefficient (Wildman–Crippen LogP) is 1.74. The zero-order valence-corrected chi connectivity index (χ0v) is 25.8. The number of fused-ring (bicyclic) bond motifs is 16. The quantitative estimate of drug-likeness (QED) is 0.283. The smallest absolute Gasteiger partial charge is 0.343 e. The lowest BCUT2D eigenvalue weighted by atomic mass is 9.55. The Labute approximate surface area is 273 Å². The Kier molecular flexibility index (Phi) is 5.79. The first-order chi connectivity index (χ1) is 23.2. The highest BCUT2D eigenvalue weighted by Gasteiger charge is 2.85. The number of esters is 2. The number of rotatable bonds is 6. The standard InChI is InChI=1S/C35H28N4O9/c1-46-32(44)34-22-10-18-19(29(41)38(28(18)40)14-16-5-3-7-36-12-16)11-23(22)35(48-34,33(45)47-2)27-21-9-20(26(27)34)24-25(21)31(43)39(30(24)42)15-17-6-4-8-37-13-17/h3-8,10-13,20-21,24-27H,9,14-15H2,1-2H3/t20-,21+,24-,25+,26-,27+,34+,35-. The van der Waals surface area contributed by atoms with Crippen LogP contribution in [0, 0.1) is 35.5 Å². The molecule has 2 aromatic heterocycles. The number of hydrogen-bond donors (Lipinski definition) is 0. The molecule has 48 heavy (non-hydrogen) atoms. The van der Waals surface area contributed by atoms with E-state index in [0.29, 0.717) is 17.5 Å². The molecule has 4 aliphatic heterocycles. The van der Waals surface area contributed by atoms with E-state index in [2.05, 4.69) is 9.97 Å². The summed E-state index contributed by atoms with van der Waals surface area (Å²) in [6.07, 6.45) is 6.76. The second-order valence-corrected chi connectivity index (χ2v) is 13.3. The number of benzene rings is 1. The number of pyridine rings is 2. The van der Waals surface area contributed by atoms with Crippen molar-refractivity contribution in [3.63, 3.8) is 0 Å². The summed E-state index contributed by atoms with van der Waals surface area (Å²) in [4.78, 5) is 94.2. The van der Waals surface area contributed by atoms with Gasteiger partial charge in [-0.25, -0.2) is 9.59 Å². The first kappa shape index (κ1) is 28.9. The van der Waals surface area contributed by atoms with Crippen molar-refractivity contribution in [2.75, 3.05) is 14.2 Å². The molecule has 3 aromatic rings. The van der Waals surface area contributed by atoms with Crippen LogP contribution in [0.3, 0.4) is 0 Å². The van der Waals surface area contributed by atoms with Gasteiger partial charge in [0.25, 0.3) is 11.8 Å². The van der Waals surface area contributed by atoms with Gasteiger partial charge in [-0.15, -0.1) is 0 Å². The highest BCUT2D eigenvalue weighted by molar-refractivity contribution is 6.22. The molecule has 6 heterocycles. The van der Waals surface area contributed by atoms with E-state index in [1.807, 2.05) is 0 Å². The van der Waals surface area contributed by atoms with Gasteiger partial charge in [-0.2, -0.15) is 0 Å². The number of likely N-dealkylation sites (tertiary alicyclic amines) is 1. The van der Waals surface area contributed by atoms with Crippen LogP contribution in [0.2, 0.25) is 0 Å². The van der Waals surface area contributed by atoms with Crippen molar-refractivity contribution in [1.82, 2.24) is 19.8 Å². The number of imide groups is 2. The fourth-order valence-corrected chi connectivity index (χ4v) is 10.0. The normalized spacial score (nSPS) is 33.2. The average Bonchev–Trinajstić information content (AvgIpc) is 3.93. The molecule has 13 heteroatoms. The van der Waals surface area contributed by atoms with Gasteiger partial charge < -0.3 is 14.2 Å². The Hall–Kier alpha value is -5.30. The maximum atomic E-state index is 14.1. The lowest BCUT2D eigenvalue weighted by Gasteiger charge is -2.43. The SMILES string of the molecule is COC(=O)[C@@]12O[C@@](C(=O)OC)(c3cc4c(cc31)C(=O)N(Cc1cccnc1)C4=O)[C@@H]1[C@@H]3C[C@@H]([C@@H]4C(=O)N(Cc5cccnc5)C(=O)[C@H]34)[C@@H]12. The van der Waals surface area contributed by atoms with E-state index >= 15 is 0 Å². The molecule has 2 aliphatic carbocycles. The number of aromatic nitrogens is 2. The van der Waals surface area contributed by atoms with E-state index in [4.69, 9.17) is 14.2 Å². The van der Waals surface area contributed by atoms with Gasteiger partial charge in [0.2, 0.25) is 11.8 Å². The molecular weight excluding hydrogens is 620 g/mol. The first-order valence-electron chi connectivity index (χ1n) is 15.7. The molecule has 4 bridgehead atoms. The van der Waals surface area contributed by atoms with Crippen molar-refractivity contribution in [2.45, 2.75) is 30.7 Å². The molecular formula is C35H28N4O9. The topological polar surface area (TPSA) is 162 Å². The van der Waals surface area contributed by atoms with Crippen LogP contribution in [0.25, 0.3) is 0 Å². The van der Waals surface area contributed by atoms with Crippen LogP contribution in [-0.2, 0) is 57.7 Å². The second-order valence-electron chi connectivity index (χ2n) is 13.3. The zero-order chi connectivity index (χ0) is 33.3. The minimum Gasteiger partial charge on any atom is -0.467 e. The summed E-state index contributed by atoms with van der Waals surface area (Å²) in [5.41, 5.74) is -1.84. The highest BCUT2D eigenvalue weighted by Crippen LogP contribution is 2.78. The molecule has 4 fully saturated rings.